The topological polar surface area (TPSA) is 50.7 Å². The van der Waals surface area contributed by atoms with Crippen LogP contribution in [0.15, 0.2) is 29.9 Å². The molecule has 0 fully saturated rings. The van der Waals surface area contributed by atoms with Gasteiger partial charge in [0.05, 0.1) is 15.9 Å². The lowest BCUT2D eigenvalue weighted by atomic mass is 10.1. The Kier molecular flexibility index (Phi) is 2.53. The van der Waals surface area contributed by atoms with E-state index in [1.807, 2.05) is 18.5 Å². The molecular weight excluding hydrogens is 256 g/mol. The Morgan fingerprint density at radius 2 is 2.21 bits per heavy atom. The molecule has 0 amide bonds. The van der Waals surface area contributed by atoms with Crippen molar-refractivity contribution in [3.63, 3.8) is 0 Å². The van der Waals surface area contributed by atoms with Crippen LogP contribution in [0.5, 0.6) is 0 Å². The first-order chi connectivity index (χ1) is 9.40. The summed E-state index contributed by atoms with van der Waals surface area (Å²) in [5, 5.41) is 5.39. The molecule has 3 aromatic rings. The van der Waals surface area contributed by atoms with Crippen molar-refractivity contribution in [2.24, 2.45) is 0 Å². The summed E-state index contributed by atoms with van der Waals surface area (Å²) in [6.45, 7) is 1.86. The zero-order valence-corrected chi connectivity index (χ0v) is 11.1. The first-order valence-electron chi connectivity index (χ1n) is 6.29. The molecule has 0 atom stereocenters. The molecule has 19 heavy (non-hydrogen) atoms. The molecule has 0 aliphatic carbocycles. The number of rotatable bonds is 1. The second-order valence-corrected chi connectivity index (χ2v) is 5.57. The van der Waals surface area contributed by atoms with Gasteiger partial charge in [0.15, 0.2) is 5.82 Å². The Morgan fingerprint density at radius 1 is 1.21 bits per heavy atom. The van der Waals surface area contributed by atoms with E-state index in [0.717, 1.165) is 42.1 Å². The van der Waals surface area contributed by atoms with Crippen LogP contribution in [-0.4, -0.2) is 21.5 Å². The third-order valence-electron chi connectivity index (χ3n) is 3.37. The number of aromatic nitrogens is 3. The maximum atomic E-state index is 4.69. The van der Waals surface area contributed by atoms with Crippen molar-refractivity contribution in [1.29, 1.82) is 0 Å². The lowest BCUT2D eigenvalue weighted by molar-refractivity contribution is 0.626. The predicted molar refractivity (Wildman–Crippen MR) is 76.1 cm³/mol. The van der Waals surface area contributed by atoms with Crippen LogP contribution in [-0.2, 0) is 13.0 Å². The van der Waals surface area contributed by atoms with Crippen molar-refractivity contribution in [3.05, 3.63) is 41.2 Å². The van der Waals surface area contributed by atoms with E-state index in [4.69, 9.17) is 0 Å². The second kappa shape index (κ2) is 4.36. The monoisotopic (exact) mass is 268 g/mol. The van der Waals surface area contributed by atoms with Crippen LogP contribution >= 0.6 is 11.3 Å². The summed E-state index contributed by atoms with van der Waals surface area (Å²) in [6, 6.07) is 4.15. The van der Waals surface area contributed by atoms with Crippen LogP contribution < -0.4 is 5.32 Å². The van der Waals surface area contributed by atoms with Gasteiger partial charge in [0.25, 0.3) is 0 Å². The van der Waals surface area contributed by atoms with Crippen molar-refractivity contribution in [2.45, 2.75) is 13.0 Å². The van der Waals surface area contributed by atoms with Crippen LogP contribution in [0, 0.1) is 0 Å². The zero-order valence-electron chi connectivity index (χ0n) is 10.3. The molecule has 0 radical (unpaired) electrons. The van der Waals surface area contributed by atoms with Crippen molar-refractivity contribution in [2.75, 3.05) is 6.54 Å². The minimum Gasteiger partial charge on any atom is -0.312 e. The third kappa shape index (κ3) is 1.91. The highest BCUT2D eigenvalue weighted by molar-refractivity contribution is 7.17. The Morgan fingerprint density at radius 3 is 3.21 bits per heavy atom. The molecule has 0 spiro atoms. The van der Waals surface area contributed by atoms with E-state index < -0.39 is 0 Å². The summed E-state index contributed by atoms with van der Waals surface area (Å²) in [7, 11) is 0. The highest BCUT2D eigenvalue weighted by Crippen LogP contribution is 2.24. The smallest absolute Gasteiger partial charge is 0.161 e. The van der Waals surface area contributed by atoms with E-state index in [1.54, 1.807) is 11.3 Å². The van der Waals surface area contributed by atoms with Crippen molar-refractivity contribution < 1.29 is 0 Å². The number of hydrogen-bond acceptors (Lipinski definition) is 5. The number of nitrogens with one attached hydrogen (secondary N) is 1. The van der Waals surface area contributed by atoms with Gasteiger partial charge in [0.1, 0.15) is 0 Å². The highest BCUT2D eigenvalue weighted by Gasteiger charge is 2.12. The molecule has 0 saturated carbocycles. The van der Waals surface area contributed by atoms with E-state index >= 15 is 0 Å². The molecule has 0 unspecified atom stereocenters. The molecule has 0 bridgehead atoms. The van der Waals surface area contributed by atoms with E-state index in [2.05, 4.69) is 31.7 Å². The van der Waals surface area contributed by atoms with Gasteiger partial charge in [0.2, 0.25) is 0 Å². The summed E-state index contributed by atoms with van der Waals surface area (Å²) < 4.78 is 1.18. The molecule has 94 valence electrons. The SMILES string of the molecule is c1cc2ncc(-c3ncc4c(n3)CCNC4)cc2s1. The molecule has 5 heteroatoms. The molecule has 4 nitrogen and oxygen atoms in total. The fourth-order valence-electron chi connectivity index (χ4n) is 2.34. The zero-order chi connectivity index (χ0) is 12.7. The van der Waals surface area contributed by atoms with E-state index in [-0.39, 0.29) is 0 Å². The van der Waals surface area contributed by atoms with Gasteiger partial charge in [-0.1, -0.05) is 0 Å². The predicted octanol–water partition coefficient (Wildman–Crippen LogP) is 2.40. The molecule has 4 rings (SSSR count). The lowest BCUT2D eigenvalue weighted by Crippen LogP contribution is -2.24. The Hall–Kier alpha value is -1.85. The van der Waals surface area contributed by atoms with E-state index in [0.29, 0.717) is 0 Å². The van der Waals surface area contributed by atoms with Crippen molar-refractivity contribution >= 4 is 21.6 Å². The molecule has 4 heterocycles. The molecule has 0 saturated heterocycles. The van der Waals surface area contributed by atoms with Crippen LogP contribution in [0.25, 0.3) is 21.6 Å². The molecule has 0 aromatic carbocycles. The Labute approximate surface area is 114 Å². The van der Waals surface area contributed by atoms with E-state index in [1.165, 1.54) is 10.3 Å². The van der Waals surface area contributed by atoms with Gasteiger partial charge in [-0.25, -0.2) is 9.97 Å². The normalized spacial score (nSPS) is 14.5. The van der Waals surface area contributed by atoms with E-state index in [9.17, 15) is 0 Å². The van der Waals surface area contributed by atoms with Gasteiger partial charge in [-0.15, -0.1) is 11.3 Å². The number of pyridine rings is 1. The Balaban J connectivity index is 1.82. The third-order valence-corrected chi connectivity index (χ3v) is 4.22. The average molecular weight is 268 g/mol. The average Bonchev–Trinajstić information content (AvgIpc) is 2.94. The molecule has 1 aliphatic rings. The van der Waals surface area contributed by atoms with Crippen molar-refractivity contribution in [1.82, 2.24) is 20.3 Å². The van der Waals surface area contributed by atoms with Gasteiger partial charge >= 0.3 is 0 Å². The van der Waals surface area contributed by atoms with Gasteiger partial charge in [0, 0.05) is 43.0 Å². The summed E-state index contributed by atoms with van der Waals surface area (Å²) in [5.74, 6) is 0.781. The van der Waals surface area contributed by atoms with Crippen LogP contribution in [0.1, 0.15) is 11.3 Å². The second-order valence-electron chi connectivity index (χ2n) is 4.62. The largest absolute Gasteiger partial charge is 0.312 e. The van der Waals surface area contributed by atoms with Crippen LogP contribution in [0.3, 0.4) is 0 Å². The van der Waals surface area contributed by atoms with Gasteiger partial charge in [-0.05, 0) is 17.5 Å². The Bertz CT molecular complexity index is 750. The highest BCUT2D eigenvalue weighted by atomic mass is 32.1. The van der Waals surface area contributed by atoms with Crippen LogP contribution in [0.2, 0.25) is 0 Å². The minimum atomic E-state index is 0.781. The fourth-order valence-corrected chi connectivity index (χ4v) is 3.12. The quantitative estimate of drug-likeness (QED) is 0.736. The number of fused-ring (bicyclic) bond motifs is 2. The van der Waals surface area contributed by atoms with Crippen LogP contribution in [0.4, 0.5) is 0 Å². The first kappa shape index (κ1) is 11.0. The number of thiophene rings is 1. The number of hydrogen-bond donors (Lipinski definition) is 1. The maximum absolute atomic E-state index is 4.69. The summed E-state index contributed by atoms with van der Waals surface area (Å²) in [6.07, 6.45) is 4.76. The van der Waals surface area contributed by atoms with Gasteiger partial charge in [-0.2, -0.15) is 0 Å². The lowest BCUT2D eigenvalue weighted by Gasteiger charge is -2.15. The summed E-state index contributed by atoms with van der Waals surface area (Å²) in [4.78, 5) is 13.6. The molecular formula is C14H12N4S. The molecule has 3 aromatic heterocycles. The molecule has 1 N–H and O–H groups in total. The molecule has 1 aliphatic heterocycles. The van der Waals surface area contributed by atoms with Gasteiger partial charge in [-0.3, -0.25) is 4.98 Å². The number of nitrogens with zero attached hydrogens (tertiary/aromatic N) is 3. The fraction of sp³-hybridized carbons (Fsp3) is 0.214. The maximum Gasteiger partial charge on any atom is 0.161 e. The standard InChI is InChI=1S/C14H12N4S/c1-3-15-6-10-8-17-14(18-11(1)10)9-5-13-12(16-7-9)2-4-19-13/h2,4-5,7-8,15H,1,3,6H2. The minimum absolute atomic E-state index is 0.781. The summed E-state index contributed by atoms with van der Waals surface area (Å²) >= 11 is 1.70. The first-order valence-corrected chi connectivity index (χ1v) is 7.17. The van der Waals surface area contributed by atoms with Crippen molar-refractivity contribution in [3.8, 4) is 11.4 Å². The summed E-state index contributed by atoms with van der Waals surface area (Å²) in [5.41, 5.74) is 4.40. The van der Waals surface area contributed by atoms with Gasteiger partial charge < -0.3 is 5.32 Å².